The minimum Gasteiger partial charge on any atom is -0.481 e. The maximum Gasteiger partial charge on any atom is 0.303 e. The minimum absolute atomic E-state index is 0.0428. The van der Waals surface area contributed by atoms with E-state index in [4.69, 9.17) is 9.63 Å². The van der Waals surface area contributed by atoms with Gasteiger partial charge in [0, 0.05) is 37.8 Å². The molecule has 1 aromatic heterocycles. The number of rotatable bonds is 7. The van der Waals surface area contributed by atoms with Crippen LogP contribution in [0, 0.1) is 0 Å². The van der Waals surface area contributed by atoms with Crippen LogP contribution in [0.4, 0.5) is 0 Å². The Labute approximate surface area is 136 Å². The highest BCUT2D eigenvalue weighted by Gasteiger charge is 2.27. The summed E-state index contributed by atoms with van der Waals surface area (Å²) >= 11 is 0. The second-order valence-corrected chi connectivity index (χ2v) is 6.37. The first-order chi connectivity index (χ1) is 11.0. The number of carboxylic acids is 1. The van der Waals surface area contributed by atoms with Gasteiger partial charge in [-0.05, 0) is 25.7 Å². The molecule has 1 fully saturated rings. The standard InChI is InChI=1S/C16H25N3O4/c1-11(2)16-17-13(23-18-16)7-8-14(20)19-10-4-3-5-12(19)6-9-15(21)22/h11-12H,3-10H2,1-2H3,(H,21,22)/t12-/m0/s1. The van der Waals surface area contributed by atoms with Crippen LogP contribution in [0.3, 0.4) is 0 Å². The van der Waals surface area contributed by atoms with Crippen LogP contribution in [0.2, 0.25) is 0 Å². The molecule has 1 aromatic rings. The maximum atomic E-state index is 12.5. The molecular weight excluding hydrogens is 298 g/mol. The van der Waals surface area contributed by atoms with E-state index in [1.165, 1.54) is 0 Å². The average molecular weight is 323 g/mol. The molecule has 1 N–H and O–H groups in total. The van der Waals surface area contributed by atoms with Gasteiger partial charge in [0.1, 0.15) is 0 Å². The molecule has 1 aliphatic heterocycles. The van der Waals surface area contributed by atoms with Crippen LogP contribution in [-0.2, 0) is 16.0 Å². The van der Waals surface area contributed by atoms with Crippen LogP contribution in [0.25, 0.3) is 0 Å². The molecule has 7 nitrogen and oxygen atoms in total. The summed E-state index contributed by atoms with van der Waals surface area (Å²) in [6, 6.07) is 0.0428. The highest BCUT2D eigenvalue weighted by atomic mass is 16.5. The van der Waals surface area contributed by atoms with E-state index in [2.05, 4.69) is 10.1 Å². The summed E-state index contributed by atoms with van der Waals surface area (Å²) in [5.74, 6) is 0.580. The Morgan fingerprint density at radius 1 is 1.35 bits per heavy atom. The van der Waals surface area contributed by atoms with Crippen LogP contribution in [0.5, 0.6) is 0 Å². The number of aryl methyl sites for hydroxylation is 1. The zero-order valence-electron chi connectivity index (χ0n) is 13.8. The van der Waals surface area contributed by atoms with Gasteiger partial charge >= 0.3 is 5.97 Å². The van der Waals surface area contributed by atoms with Crippen LogP contribution in [0.15, 0.2) is 4.52 Å². The van der Waals surface area contributed by atoms with Gasteiger partial charge in [-0.25, -0.2) is 0 Å². The third-order valence-corrected chi connectivity index (χ3v) is 4.19. The van der Waals surface area contributed by atoms with E-state index < -0.39 is 5.97 Å². The van der Waals surface area contributed by atoms with E-state index in [0.29, 0.717) is 37.5 Å². The number of nitrogens with zero attached hydrogens (tertiary/aromatic N) is 3. The monoisotopic (exact) mass is 323 g/mol. The van der Waals surface area contributed by atoms with Crippen LogP contribution in [0.1, 0.15) is 70.0 Å². The number of hydrogen-bond donors (Lipinski definition) is 1. The Hall–Kier alpha value is -1.92. The molecular formula is C16H25N3O4. The number of amides is 1. The summed E-state index contributed by atoms with van der Waals surface area (Å²) in [4.78, 5) is 29.3. The van der Waals surface area contributed by atoms with Crippen LogP contribution in [-0.4, -0.2) is 44.6 Å². The van der Waals surface area contributed by atoms with Gasteiger partial charge in [0.15, 0.2) is 5.82 Å². The Kier molecular flexibility index (Phi) is 6.12. The van der Waals surface area contributed by atoms with E-state index >= 15 is 0 Å². The fourth-order valence-corrected chi connectivity index (χ4v) is 2.88. The highest BCUT2D eigenvalue weighted by Crippen LogP contribution is 2.22. The van der Waals surface area contributed by atoms with Crippen molar-refractivity contribution in [3.63, 3.8) is 0 Å². The number of carbonyl (C=O) groups is 2. The Morgan fingerprint density at radius 2 is 2.13 bits per heavy atom. The number of hydrogen-bond acceptors (Lipinski definition) is 5. The zero-order valence-corrected chi connectivity index (χ0v) is 13.8. The van der Waals surface area contributed by atoms with Gasteiger partial charge in [0.25, 0.3) is 0 Å². The number of likely N-dealkylation sites (tertiary alicyclic amines) is 1. The fraction of sp³-hybridized carbons (Fsp3) is 0.750. The van der Waals surface area contributed by atoms with E-state index in [1.54, 1.807) is 0 Å². The Bertz CT molecular complexity index is 541. The van der Waals surface area contributed by atoms with Gasteiger partial charge < -0.3 is 14.5 Å². The SMILES string of the molecule is CC(C)c1noc(CCC(=O)N2CCCC[C@H]2CCC(=O)O)n1. The van der Waals surface area contributed by atoms with Crippen molar-refractivity contribution in [1.82, 2.24) is 15.0 Å². The van der Waals surface area contributed by atoms with Crippen molar-refractivity contribution < 1.29 is 19.2 Å². The van der Waals surface area contributed by atoms with Gasteiger partial charge in [0.05, 0.1) is 0 Å². The fourth-order valence-electron chi connectivity index (χ4n) is 2.88. The van der Waals surface area contributed by atoms with Crippen molar-refractivity contribution >= 4 is 11.9 Å². The lowest BCUT2D eigenvalue weighted by Crippen LogP contribution is -2.44. The predicted octanol–water partition coefficient (Wildman–Crippen LogP) is 2.37. The lowest BCUT2D eigenvalue weighted by atomic mass is 9.97. The summed E-state index contributed by atoms with van der Waals surface area (Å²) in [7, 11) is 0. The second-order valence-electron chi connectivity index (χ2n) is 6.37. The second kappa shape index (κ2) is 8.08. The Morgan fingerprint density at radius 3 is 2.78 bits per heavy atom. The molecule has 0 bridgehead atoms. The van der Waals surface area contributed by atoms with Gasteiger partial charge in [-0.15, -0.1) is 0 Å². The zero-order chi connectivity index (χ0) is 16.8. The predicted molar refractivity (Wildman–Crippen MR) is 82.9 cm³/mol. The van der Waals surface area contributed by atoms with E-state index in [9.17, 15) is 9.59 Å². The molecule has 0 radical (unpaired) electrons. The third kappa shape index (κ3) is 5.04. The first-order valence-corrected chi connectivity index (χ1v) is 8.31. The summed E-state index contributed by atoms with van der Waals surface area (Å²) in [5, 5.41) is 12.7. The molecule has 0 aromatic carbocycles. The van der Waals surface area contributed by atoms with Crippen molar-refractivity contribution in [2.45, 2.75) is 70.8 Å². The molecule has 1 atom stereocenters. The molecule has 0 unspecified atom stereocenters. The largest absolute Gasteiger partial charge is 0.481 e. The molecule has 2 heterocycles. The average Bonchev–Trinajstić information content (AvgIpc) is 3.00. The quantitative estimate of drug-likeness (QED) is 0.827. The van der Waals surface area contributed by atoms with E-state index in [1.807, 2.05) is 18.7 Å². The van der Waals surface area contributed by atoms with E-state index in [0.717, 1.165) is 19.3 Å². The summed E-state index contributed by atoms with van der Waals surface area (Å²) in [6.45, 7) is 4.69. The lowest BCUT2D eigenvalue weighted by molar-refractivity contribution is -0.140. The molecule has 0 spiro atoms. The molecule has 1 aliphatic rings. The maximum absolute atomic E-state index is 12.5. The van der Waals surface area contributed by atoms with Gasteiger partial charge in [-0.1, -0.05) is 19.0 Å². The molecule has 23 heavy (non-hydrogen) atoms. The van der Waals surface area contributed by atoms with Crippen molar-refractivity contribution in [3.8, 4) is 0 Å². The molecule has 128 valence electrons. The van der Waals surface area contributed by atoms with Crippen LogP contribution < -0.4 is 0 Å². The molecule has 0 aliphatic carbocycles. The number of piperidine rings is 1. The minimum atomic E-state index is -0.810. The number of aliphatic carboxylic acids is 1. The number of aromatic nitrogens is 2. The highest BCUT2D eigenvalue weighted by molar-refractivity contribution is 5.77. The van der Waals surface area contributed by atoms with Crippen molar-refractivity contribution in [2.75, 3.05) is 6.54 Å². The molecule has 7 heteroatoms. The topological polar surface area (TPSA) is 96.5 Å². The molecule has 0 saturated carbocycles. The molecule has 1 amide bonds. The smallest absolute Gasteiger partial charge is 0.303 e. The van der Waals surface area contributed by atoms with Gasteiger partial charge in [-0.2, -0.15) is 4.98 Å². The van der Waals surface area contributed by atoms with Crippen molar-refractivity contribution in [1.29, 1.82) is 0 Å². The number of carbonyl (C=O) groups excluding carboxylic acids is 1. The number of carboxylic acid groups (broad SMARTS) is 1. The first kappa shape index (κ1) is 17.4. The Balaban J connectivity index is 1.87. The van der Waals surface area contributed by atoms with Gasteiger partial charge in [-0.3, -0.25) is 9.59 Å². The summed E-state index contributed by atoms with van der Waals surface area (Å²) < 4.78 is 5.16. The van der Waals surface area contributed by atoms with E-state index in [-0.39, 0.29) is 24.3 Å². The third-order valence-electron chi connectivity index (χ3n) is 4.19. The first-order valence-electron chi connectivity index (χ1n) is 8.31. The lowest BCUT2D eigenvalue weighted by Gasteiger charge is -2.35. The summed E-state index contributed by atoms with van der Waals surface area (Å²) in [6.07, 6.45) is 4.30. The normalized spacial score (nSPS) is 18.4. The summed E-state index contributed by atoms with van der Waals surface area (Å²) in [5.41, 5.74) is 0. The van der Waals surface area contributed by atoms with Crippen molar-refractivity contribution in [2.24, 2.45) is 0 Å². The molecule has 1 saturated heterocycles. The van der Waals surface area contributed by atoms with Gasteiger partial charge in [0.2, 0.25) is 11.8 Å². The molecule has 2 rings (SSSR count). The van der Waals surface area contributed by atoms with Crippen molar-refractivity contribution in [3.05, 3.63) is 11.7 Å². The van der Waals surface area contributed by atoms with Crippen LogP contribution >= 0.6 is 0 Å².